The Morgan fingerprint density at radius 3 is 2.24 bits per heavy atom. The first kappa shape index (κ1) is 19.1. The number of hydrogen-bond acceptors (Lipinski definition) is 5. The molecule has 0 radical (unpaired) electrons. The van der Waals surface area contributed by atoms with Gasteiger partial charge in [-0.3, -0.25) is 0 Å². The van der Waals surface area contributed by atoms with Crippen LogP contribution in [0.15, 0.2) is 53.9 Å². The van der Waals surface area contributed by atoms with Gasteiger partial charge in [-0.05, 0) is 36.1 Å². The highest BCUT2D eigenvalue weighted by molar-refractivity contribution is 7.14. The number of anilines is 1. The first-order valence-electron chi connectivity index (χ1n) is 9.26. The second-order valence-electron chi connectivity index (χ2n) is 6.96. The minimum atomic E-state index is -1.12. The van der Waals surface area contributed by atoms with E-state index in [0.717, 1.165) is 32.8 Å². The molecule has 29 heavy (non-hydrogen) atoms. The lowest BCUT2D eigenvalue weighted by atomic mass is 9.98. The standard InChI is InChI=1S/C22H20N2O4S/c1-13-12-29-21(23-13)24(14(2)20(25)26)22(27)28-11-19-17-9-5-3-7-15(17)16-8-4-6-10-18(16)19/h3-10,12,14,19H,11H2,1-2H3,(H,25,26). The average Bonchev–Trinajstić information content (AvgIpc) is 3.28. The summed E-state index contributed by atoms with van der Waals surface area (Å²) in [6, 6.07) is 15.0. The normalized spacial score (nSPS) is 13.4. The van der Waals surface area contributed by atoms with Crippen molar-refractivity contribution in [1.82, 2.24) is 4.98 Å². The quantitative estimate of drug-likeness (QED) is 0.663. The van der Waals surface area contributed by atoms with Gasteiger partial charge in [0.15, 0.2) is 5.13 Å². The van der Waals surface area contributed by atoms with Crippen molar-refractivity contribution in [2.75, 3.05) is 11.5 Å². The average molecular weight is 408 g/mol. The molecule has 0 fully saturated rings. The molecule has 2 aromatic carbocycles. The Morgan fingerprint density at radius 1 is 1.14 bits per heavy atom. The Bertz CT molecular complexity index is 1030. The third-order valence-corrected chi connectivity index (χ3v) is 6.05. The van der Waals surface area contributed by atoms with E-state index in [4.69, 9.17) is 4.74 Å². The monoisotopic (exact) mass is 408 g/mol. The lowest BCUT2D eigenvalue weighted by Gasteiger charge is -2.24. The summed E-state index contributed by atoms with van der Waals surface area (Å²) in [5.41, 5.74) is 5.19. The van der Waals surface area contributed by atoms with Crippen molar-refractivity contribution in [3.8, 4) is 11.1 Å². The Hall–Kier alpha value is -3.19. The number of fused-ring (bicyclic) bond motifs is 3. The van der Waals surface area contributed by atoms with Crippen molar-refractivity contribution < 1.29 is 19.4 Å². The molecule has 1 N–H and O–H groups in total. The van der Waals surface area contributed by atoms with E-state index >= 15 is 0 Å². The van der Waals surface area contributed by atoms with E-state index in [1.54, 1.807) is 12.3 Å². The molecule has 4 rings (SSSR count). The van der Waals surface area contributed by atoms with Crippen LogP contribution in [-0.2, 0) is 9.53 Å². The molecule has 1 amide bonds. The number of hydrogen-bond donors (Lipinski definition) is 1. The van der Waals surface area contributed by atoms with Gasteiger partial charge in [0.2, 0.25) is 0 Å². The highest BCUT2D eigenvalue weighted by Crippen LogP contribution is 2.44. The fourth-order valence-corrected chi connectivity index (χ4v) is 4.50. The van der Waals surface area contributed by atoms with Crippen LogP contribution in [0.2, 0.25) is 0 Å². The van der Waals surface area contributed by atoms with Crippen molar-refractivity contribution >= 4 is 28.5 Å². The number of aromatic nitrogens is 1. The summed E-state index contributed by atoms with van der Waals surface area (Å²) in [5, 5.41) is 11.5. The highest BCUT2D eigenvalue weighted by atomic mass is 32.1. The van der Waals surface area contributed by atoms with Crippen molar-refractivity contribution in [2.45, 2.75) is 25.8 Å². The summed E-state index contributed by atoms with van der Waals surface area (Å²) >= 11 is 1.22. The fraction of sp³-hybridized carbons (Fsp3) is 0.227. The van der Waals surface area contributed by atoms with Crippen LogP contribution in [0.4, 0.5) is 9.93 Å². The molecule has 0 spiro atoms. The van der Waals surface area contributed by atoms with Crippen molar-refractivity contribution in [1.29, 1.82) is 0 Å². The largest absolute Gasteiger partial charge is 0.480 e. The first-order valence-corrected chi connectivity index (χ1v) is 10.1. The molecule has 1 aliphatic carbocycles. The Balaban J connectivity index is 1.59. The van der Waals surface area contributed by atoms with Crippen LogP contribution in [0, 0.1) is 6.92 Å². The van der Waals surface area contributed by atoms with Gasteiger partial charge in [-0.15, -0.1) is 11.3 Å². The molecule has 0 saturated heterocycles. The molecule has 7 heteroatoms. The number of ether oxygens (including phenoxy) is 1. The summed E-state index contributed by atoms with van der Waals surface area (Å²) < 4.78 is 5.63. The second kappa shape index (κ2) is 7.67. The molecular weight excluding hydrogens is 388 g/mol. The van der Waals surface area contributed by atoms with Gasteiger partial charge in [-0.1, -0.05) is 48.5 Å². The maximum absolute atomic E-state index is 12.9. The number of carboxylic acids is 1. The molecule has 1 aromatic heterocycles. The van der Waals surface area contributed by atoms with Crippen LogP contribution < -0.4 is 4.90 Å². The molecule has 1 unspecified atom stereocenters. The van der Waals surface area contributed by atoms with Crippen LogP contribution >= 0.6 is 11.3 Å². The fourth-order valence-electron chi connectivity index (χ4n) is 3.63. The van der Waals surface area contributed by atoms with Crippen LogP contribution in [0.5, 0.6) is 0 Å². The first-order chi connectivity index (χ1) is 14.0. The molecule has 3 aromatic rings. The summed E-state index contributed by atoms with van der Waals surface area (Å²) in [5.74, 6) is -1.21. The van der Waals surface area contributed by atoms with Crippen molar-refractivity contribution in [2.24, 2.45) is 0 Å². The van der Waals surface area contributed by atoms with Crippen molar-refractivity contribution in [3.63, 3.8) is 0 Å². The van der Waals surface area contributed by atoms with E-state index in [2.05, 4.69) is 17.1 Å². The minimum absolute atomic E-state index is 0.0913. The van der Waals surface area contributed by atoms with Gasteiger partial charge >= 0.3 is 12.1 Å². The maximum Gasteiger partial charge on any atom is 0.416 e. The minimum Gasteiger partial charge on any atom is -0.480 e. The highest BCUT2D eigenvalue weighted by Gasteiger charge is 2.33. The Labute approximate surface area is 172 Å². The molecule has 6 nitrogen and oxygen atoms in total. The zero-order chi connectivity index (χ0) is 20.5. The number of aryl methyl sites for hydroxylation is 1. The summed E-state index contributed by atoms with van der Waals surface area (Å²) in [4.78, 5) is 29.8. The molecule has 1 atom stereocenters. The summed E-state index contributed by atoms with van der Waals surface area (Å²) in [6.45, 7) is 3.36. The maximum atomic E-state index is 12.9. The van der Waals surface area contributed by atoms with Gasteiger partial charge in [0, 0.05) is 11.3 Å². The smallest absolute Gasteiger partial charge is 0.416 e. The lowest BCUT2D eigenvalue weighted by molar-refractivity contribution is -0.138. The van der Waals surface area contributed by atoms with E-state index in [1.807, 2.05) is 36.4 Å². The third kappa shape index (κ3) is 3.49. The van der Waals surface area contributed by atoms with E-state index in [9.17, 15) is 14.7 Å². The van der Waals surface area contributed by atoms with Gasteiger partial charge in [0.1, 0.15) is 12.6 Å². The SMILES string of the molecule is Cc1csc(N(C(=O)OCC2c3ccccc3-c3ccccc32)C(C)C(=O)O)n1. The Kier molecular flexibility index (Phi) is 5.07. The molecular formula is C22H20N2O4S. The number of rotatable bonds is 5. The van der Waals surface area contributed by atoms with Gasteiger partial charge in [0.25, 0.3) is 0 Å². The number of carbonyl (C=O) groups is 2. The van der Waals surface area contributed by atoms with Crippen LogP contribution in [0.25, 0.3) is 11.1 Å². The zero-order valence-corrected chi connectivity index (χ0v) is 16.8. The lowest BCUT2D eigenvalue weighted by Crippen LogP contribution is -2.44. The van der Waals surface area contributed by atoms with Crippen molar-refractivity contribution in [3.05, 3.63) is 70.7 Å². The molecule has 0 bridgehead atoms. The number of amides is 1. The number of nitrogens with zero attached hydrogens (tertiary/aromatic N) is 2. The predicted octanol–water partition coefficient (Wildman–Crippen LogP) is 4.68. The number of benzene rings is 2. The molecule has 148 valence electrons. The van der Waals surface area contributed by atoms with E-state index in [0.29, 0.717) is 5.13 Å². The topological polar surface area (TPSA) is 79.7 Å². The van der Waals surface area contributed by atoms with Crippen LogP contribution in [0.1, 0.15) is 29.7 Å². The van der Waals surface area contributed by atoms with E-state index in [-0.39, 0.29) is 12.5 Å². The van der Waals surface area contributed by atoms with Gasteiger partial charge in [-0.25, -0.2) is 19.5 Å². The number of carbonyl (C=O) groups excluding carboxylic acids is 1. The van der Waals surface area contributed by atoms with Gasteiger partial charge in [0.05, 0.1) is 5.69 Å². The van der Waals surface area contributed by atoms with Gasteiger partial charge in [-0.2, -0.15) is 0 Å². The Morgan fingerprint density at radius 2 is 1.72 bits per heavy atom. The van der Waals surface area contributed by atoms with Gasteiger partial charge < -0.3 is 9.84 Å². The van der Waals surface area contributed by atoms with E-state index < -0.39 is 18.1 Å². The third-order valence-electron chi connectivity index (χ3n) is 5.09. The summed E-state index contributed by atoms with van der Waals surface area (Å²) in [6.07, 6.45) is -0.712. The molecule has 0 saturated carbocycles. The number of carboxylic acid groups (broad SMARTS) is 1. The van der Waals surface area contributed by atoms with Crippen LogP contribution in [-0.4, -0.2) is 34.8 Å². The second-order valence-corrected chi connectivity index (χ2v) is 7.80. The zero-order valence-electron chi connectivity index (χ0n) is 16.0. The molecule has 0 aliphatic heterocycles. The number of thiazole rings is 1. The predicted molar refractivity (Wildman–Crippen MR) is 111 cm³/mol. The molecule has 1 heterocycles. The summed E-state index contributed by atoms with van der Waals surface area (Å²) in [7, 11) is 0. The van der Waals surface area contributed by atoms with Crippen LogP contribution in [0.3, 0.4) is 0 Å². The van der Waals surface area contributed by atoms with E-state index in [1.165, 1.54) is 18.3 Å². The molecule has 1 aliphatic rings. The number of aliphatic carboxylic acids is 1.